The summed E-state index contributed by atoms with van der Waals surface area (Å²) in [7, 11) is 2.12. The molecule has 0 atom stereocenters. The number of benzene rings is 2. The molecule has 0 saturated heterocycles. The number of amides is 1. The van der Waals surface area contributed by atoms with E-state index in [9.17, 15) is 4.79 Å². The Morgan fingerprint density at radius 3 is 2.53 bits per heavy atom. The summed E-state index contributed by atoms with van der Waals surface area (Å²) in [5.74, 6) is 0.585. The van der Waals surface area contributed by atoms with E-state index in [2.05, 4.69) is 57.1 Å². The van der Waals surface area contributed by atoms with Crippen molar-refractivity contribution >= 4 is 17.5 Å². The first-order chi connectivity index (χ1) is 15.0. The van der Waals surface area contributed by atoms with Crippen LogP contribution in [0.2, 0.25) is 5.02 Å². The zero-order valence-corrected chi connectivity index (χ0v) is 20.1. The third-order valence-corrected chi connectivity index (χ3v) is 7.41. The maximum atomic E-state index is 13.1. The number of ether oxygens (including phenoxy) is 1. The highest BCUT2D eigenvalue weighted by molar-refractivity contribution is 6.31. The molecule has 1 saturated carbocycles. The van der Waals surface area contributed by atoms with E-state index in [0.29, 0.717) is 21.9 Å². The number of carbonyl (C=O) groups excluding carboxylic acids is 1. The molecule has 1 aliphatic heterocycles. The first-order valence-corrected chi connectivity index (χ1v) is 11.4. The van der Waals surface area contributed by atoms with Crippen LogP contribution in [-0.4, -0.2) is 36.5 Å². The zero-order valence-electron chi connectivity index (χ0n) is 19.3. The summed E-state index contributed by atoms with van der Waals surface area (Å²) in [6, 6.07) is 13.2. The van der Waals surface area contributed by atoms with E-state index in [4.69, 9.17) is 21.6 Å². The van der Waals surface area contributed by atoms with Crippen molar-refractivity contribution in [3.05, 3.63) is 63.7 Å². The van der Waals surface area contributed by atoms with Gasteiger partial charge in [-0.25, -0.2) is 0 Å². The van der Waals surface area contributed by atoms with Crippen molar-refractivity contribution in [3.8, 4) is 11.8 Å². The highest BCUT2D eigenvalue weighted by Crippen LogP contribution is 2.55. The quantitative estimate of drug-likeness (QED) is 0.724. The average molecular weight is 452 g/mol. The fourth-order valence-electron chi connectivity index (χ4n) is 5.65. The maximum Gasteiger partial charge on any atom is 0.251 e. The Labute approximate surface area is 195 Å². The Hall–Kier alpha value is -2.55. The molecule has 2 aromatic rings. The Morgan fingerprint density at radius 2 is 1.88 bits per heavy atom. The number of hydrogen-bond acceptors (Lipinski definition) is 4. The van der Waals surface area contributed by atoms with Crippen molar-refractivity contribution < 1.29 is 9.53 Å². The van der Waals surface area contributed by atoms with Crippen LogP contribution in [0.4, 0.5) is 0 Å². The van der Waals surface area contributed by atoms with Crippen LogP contribution in [0.15, 0.2) is 36.4 Å². The molecule has 0 radical (unpaired) electrons. The second-order valence-electron chi connectivity index (χ2n) is 10.3. The van der Waals surface area contributed by atoms with Crippen molar-refractivity contribution in [3.63, 3.8) is 0 Å². The minimum atomic E-state index is -0.281. The van der Waals surface area contributed by atoms with Crippen molar-refractivity contribution in [1.82, 2.24) is 10.2 Å². The van der Waals surface area contributed by atoms with Crippen molar-refractivity contribution in [2.45, 2.75) is 52.8 Å². The second-order valence-corrected chi connectivity index (χ2v) is 10.7. The van der Waals surface area contributed by atoms with Crippen LogP contribution in [0.1, 0.15) is 54.7 Å². The molecular formula is C26H30ClN3O2. The molecule has 4 rings (SSSR count). The van der Waals surface area contributed by atoms with Crippen LogP contribution in [0.3, 0.4) is 0 Å². The summed E-state index contributed by atoms with van der Waals surface area (Å²) < 4.78 is 6.31. The highest BCUT2D eigenvalue weighted by Gasteiger charge is 2.64. The third-order valence-electron chi connectivity index (χ3n) is 7.10. The molecule has 2 aromatic carbocycles. The van der Waals surface area contributed by atoms with Gasteiger partial charge < -0.3 is 15.0 Å². The Kier molecular flexibility index (Phi) is 5.73. The van der Waals surface area contributed by atoms with Gasteiger partial charge in [0.2, 0.25) is 0 Å². The minimum absolute atomic E-state index is 0.0438. The van der Waals surface area contributed by atoms with Crippen molar-refractivity contribution in [1.29, 1.82) is 5.26 Å². The predicted molar refractivity (Wildman–Crippen MR) is 126 cm³/mol. The Bertz CT molecular complexity index is 1090. The lowest BCUT2D eigenvalue weighted by Crippen LogP contribution is -2.74. The van der Waals surface area contributed by atoms with Crippen LogP contribution >= 0.6 is 11.6 Å². The fraction of sp³-hybridized carbons (Fsp3) is 0.462. The molecule has 6 heteroatoms. The van der Waals surface area contributed by atoms with Gasteiger partial charge in [0, 0.05) is 41.6 Å². The van der Waals surface area contributed by atoms with Crippen LogP contribution in [-0.2, 0) is 13.0 Å². The number of likely N-dealkylation sites (N-methyl/N-ethyl adjacent to an activating group) is 1. The molecule has 0 aromatic heterocycles. The van der Waals surface area contributed by atoms with E-state index < -0.39 is 0 Å². The SMILES string of the molecule is CN1CCc2cc(C(=O)NC3C(C)(C)C(Oc4ccc(C#N)c(Cl)c4)C3(C)C)ccc2C1. The van der Waals surface area contributed by atoms with Gasteiger partial charge >= 0.3 is 0 Å². The third kappa shape index (κ3) is 3.87. The second kappa shape index (κ2) is 8.10. The number of halogens is 1. The summed E-state index contributed by atoms with van der Waals surface area (Å²) in [6.07, 6.45) is 0.847. The Morgan fingerprint density at radius 1 is 1.16 bits per heavy atom. The van der Waals surface area contributed by atoms with Crippen LogP contribution < -0.4 is 10.1 Å². The molecule has 1 N–H and O–H groups in total. The summed E-state index contributed by atoms with van der Waals surface area (Å²) in [5, 5.41) is 12.7. The monoisotopic (exact) mass is 451 g/mol. The maximum absolute atomic E-state index is 13.1. The van der Waals surface area contributed by atoms with Gasteiger partial charge in [0.25, 0.3) is 5.91 Å². The van der Waals surface area contributed by atoms with Gasteiger partial charge in [0.1, 0.15) is 17.9 Å². The van der Waals surface area contributed by atoms with Gasteiger partial charge in [0.15, 0.2) is 0 Å². The van der Waals surface area contributed by atoms with E-state index in [1.54, 1.807) is 18.2 Å². The molecule has 168 valence electrons. The molecule has 2 aliphatic rings. The summed E-state index contributed by atoms with van der Waals surface area (Å²) in [4.78, 5) is 15.4. The van der Waals surface area contributed by atoms with E-state index in [-0.39, 0.29) is 28.9 Å². The van der Waals surface area contributed by atoms with E-state index in [0.717, 1.165) is 19.5 Å². The summed E-state index contributed by atoms with van der Waals surface area (Å²) >= 11 is 6.18. The number of nitrogens with one attached hydrogen (secondary N) is 1. The van der Waals surface area contributed by atoms with Gasteiger partial charge in [-0.15, -0.1) is 0 Å². The number of fused-ring (bicyclic) bond motifs is 1. The molecular weight excluding hydrogens is 422 g/mol. The largest absolute Gasteiger partial charge is 0.489 e. The topological polar surface area (TPSA) is 65.4 Å². The minimum Gasteiger partial charge on any atom is -0.489 e. The molecule has 1 aliphatic carbocycles. The average Bonchev–Trinajstić information content (AvgIpc) is 2.75. The number of hydrogen-bond donors (Lipinski definition) is 1. The fourth-order valence-corrected chi connectivity index (χ4v) is 5.86. The summed E-state index contributed by atoms with van der Waals surface area (Å²) in [6.45, 7) is 10.4. The lowest BCUT2D eigenvalue weighted by molar-refractivity contribution is -0.164. The van der Waals surface area contributed by atoms with Crippen LogP contribution in [0, 0.1) is 22.2 Å². The molecule has 5 nitrogen and oxygen atoms in total. The number of nitriles is 1. The van der Waals surface area contributed by atoms with Crippen LogP contribution in [0.25, 0.3) is 0 Å². The van der Waals surface area contributed by atoms with Crippen molar-refractivity contribution in [2.75, 3.05) is 13.6 Å². The summed E-state index contributed by atoms with van der Waals surface area (Å²) in [5.41, 5.74) is 3.14. The van der Waals surface area contributed by atoms with E-state index in [1.807, 2.05) is 12.1 Å². The molecule has 0 bridgehead atoms. The van der Waals surface area contributed by atoms with Crippen molar-refractivity contribution in [2.24, 2.45) is 10.8 Å². The normalized spacial score (nSPS) is 23.4. The lowest BCUT2D eigenvalue weighted by Gasteiger charge is -2.63. The number of rotatable bonds is 4. The van der Waals surface area contributed by atoms with Gasteiger partial charge in [0.05, 0.1) is 10.6 Å². The molecule has 1 amide bonds. The molecule has 0 spiro atoms. The smallest absolute Gasteiger partial charge is 0.251 e. The van der Waals surface area contributed by atoms with Gasteiger partial charge in [-0.05, 0) is 48.9 Å². The predicted octanol–water partition coefficient (Wildman–Crippen LogP) is 4.81. The standard InChI is InChI=1S/C26H30ClN3O2/c1-25(2)23(26(3,4)24(25)32-20-9-8-18(14-28)21(27)13-20)29-22(31)17-6-7-19-15-30(5)11-10-16(19)12-17/h6-9,12-13,23-24H,10-11,15H2,1-5H3,(H,29,31). The van der Waals surface area contributed by atoms with Crippen LogP contribution in [0.5, 0.6) is 5.75 Å². The van der Waals surface area contributed by atoms with Gasteiger partial charge in [-0.1, -0.05) is 45.4 Å². The van der Waals surface area contributed by atoms with E-state index in [1.165, 1.54) is 11.1 Å². The zero-order chi connectivity index (χ0) is 23.3. The van der Waals surface area contributed by atoms with E-state index >= 15 is 0 Å². The Balaban J connectivity index is 1.49. The molecule has 1 fully saturated rings. The van der Waals surface area contributed by atoms with Gasteiger partial charge in [-0.2, -0.15) is 5.26 Å². The first-order valence-electron chi connectivity index (χ1n) is 11.0. The molecule has 1 heterocycles. The number of nitrogens with zero attached hydrogens (tertiary/aromatic N) is 2. The first kappa shape index (κ1) is 22.6. The molecule has 0 unspecified atom stereocenters. The number of carbonyl (C=O) groups is 1. The van der Waals surface area contributed by atoms with Gasteiger partial charge in [-0.3, -0.25) is 4.79 Å². The highest BCUT2D eigenvalue weighted by atomic mass is 35.5. The lowest BCUT2D eigenvalue weighted by atomic mass is 9.49. The molecule has 32 heavy (non-hydrogen) atoms.